The molecular weight excluding hydrogens is 411 g/mol. The van der Waals surface area contributed by atoms with Gasteiger partial charge in [0.15, 0.2) is 5.69 Å². The number of benzene rings is 1. The Morgan fingerprint density at radius 1 is 1.19 bits per heavy atom. The highest BCUT2D eigenvalue weighted by Crippen LogP contribution is 2.30. The Morgan fingerprint density at radius 2 is 1.93 bits per heavy atom. The SMILES string of the molecule is Cn1nc(C#N)cc1Cc1cccc([N+]#Cc2cc(B(O)O)n(C)n2)c1Br. The van der Waals surface area contributed by atoms with Crippen molar-refractivity contribution in [2.24, 2.45) is 14.1 Å². The van der Waals surface area contributed by atoms with Gasteiger partial charge in [0.05, 0.1) is 5.59 Å². The number of aromatic nitrogens is 4. The summed E-state index contributed by atoms with van der Waals surface area (Å²) in [6.07, 6.45) is 0.583. The zero-order chi connectivity index (χ0) is 19.6. The van der Waals surface area contributed by atoms with Gasteiger partial charge >= 0.3 is 18.9 Å². The molecule has 3 rings (SSSR count). The maximum absolute atomic E-state index is 9.27. The van der Waals surface area contributed by atoms with E-state index in [1.54, 1.807) is 24.8 Å². The molecule has 2 N–H and O–H groups in total. The van der Waals surface area contributed by atoms with Gasteiger partial charge in [0, 0.05) is 32.3 Å². The summed E-state index contributed by atoms with van der Waals surface area (Å²) in [4.78, 5) is 4.33. The van der Waals surface area contributed by atoms with Gasteiger partial charge in [-0.15, -0.1) is 0 Å². The van der Waals surface area contributed by atoms with Gasteiger partial charge in [-0.3, -0.25) is 9.36 Å². The zero-order valence-electron chi connectivity index (χ0n) is 14.6. The third-order valence-corrected chi connectivity index (χ3v) is 4.91. The number of hydrogen-bond acceptors (Lipinski definition) is 5. The van der Waals surface area contributed by atoms with E-state index >= 15 is 0 Å². The fraction of sp³-hybridized carbons (Fsp3) is 0.176. The van der Waals surface area contributed by atoms with E-state index in [1.165, 1.54) is 10.7 Å². The lowest BCUT2D eigenvalue weighted by Gasteiger charge is -2.03. The molecule has 0 aliphatic rings. The Labute approximate surface area is 164 Å². The van der Waals surface area contributed by atoms with Gasteiger partial charge in [-0.2, -0.15) is 15.5 Å². The molecule has 0 saturated heterocycles. The molecule has 3 aromatic rings. The molecule has 0 aliphatic carbocycles. The van der Waals surface area contributed by atoms with E-state index in [0.717, 1.165) is 15.7 Å². The van der Waals surface area contributed by atoms with Crippen molar-refractivity contribution in [1.29, 1.82) is 5.26 Å². The van der Waals surface area contributed by atoms with E-state index in [-0.39, 0.29) is 5.59 Å². The van der Waals surface area contributed by atoms with Crippen LogP contribution in [0.25, 0.3) is 4.85 Å². The summed E-state index contributed by atoms with van der Waals surface area (Å²) >= 11 is 3.57. The van der Waals surface area contributed by atoms with E-state index < -0.39 is 7.12 Å². The van der Waals surface area contributed by atoms with Crippen LogP contribution in [0.4, 0.5) is 5.69 Å². The van der Waals surface area contributed by atoms with Crippen molar-refractivity contribution >= 4 is 34.3 Å². The molecule has 10 heteroatoms. The lowest BCUT2D eigenvalue weighted by molar-refractivity contribution is 0.421. The lowest BCUT2D eigenvalue weighted by Crippen LogP contribution is -2.35. The molecule has 0 aliphatic heterocycles. The Bertz CT molecular complexity index is 1100. The average molecular weight is 426 g/mol. The fourth-order valence-corrected chi connectivity index (χ4v) is 3.10. The highest BCUT2D eigenvalue weighted by Gasteiger charge is 2.20. The van der Waals surface area contributed by atoms with Crippen LogP contribution in [0, 0.1) is 17.4 Å². The van der Waals surface area contributed by atoms with E-state index in [4.69, 9.17) is 5.26 Å². The smallest absolute Gasteiger partial charge is 0.422 e. The molecule has 0 amide bonds. The highest BCUT2D eigenvalue weighted by atomic mass is 79.9. The van der Waals surface area contributed by atoms with Crippen molar-refractivity contribution in [2.75, 3.05) is 0 Å². The quantitative estimate of drug-likeness (QED) is 0.611. The van der Waals surface area contributed by atoms with Gasteiger partial charge in [0.1, 0.15) is 10.5 Å². The van der Waals surface area contributed by atoms with Crippen molar-refractivity contribution in [3.8, 4) is 12.1 Å². The predicted molar refractivity (Wildman–Crippen MR) is 104 cm³/mol. The molecule has 0 spiro atoms. The summed E-state index contributed by atoms with van der Waals surface area (Å²) < 4.78 is 3.85. The van der Waals surface area contributed by atoms with E-state index in [1.807, 2.05) is 24.3 Å². The second kappa shape index (κ2) is 7.76. The molecule has 8 nitrogen and oxygen atoms in total. The largest absolute Gasteiger partial charge is 0.507 e. The number of halogens is 1. The second-order valence-electron chi connectivity index (χ2n) is 5.86. The first-order chi connectivity index (χ1) is 12.9. The molecule has 134 valence electrons. The zero-order valence-corrected chi connectivity index (χ0v) is 16.2. The summed E-state index contributed by atoms with van der Waals surface area (Å²) in [5, 5.41) is 35.8. The summed E-state index contributed by atoms with van der Waals surface area (Å²) in [6, 6.07) is 13.8. The molecule has 0 radical (unpaired) electrons. The van der Waals surface area contributed by atoms with Gasteiger partial charge in [0.25, 0.3) is 0 Å². The molecule has 0 saturated carbocycles. The normalized spacial score (nSPS) is 10.2. The summed E-state index contributed by atoms with van der Waals surface area (Å²) in [5.41, 5.74) is 3.57. The van der Waals surface area contributed by atoms with E-state index in [2.05, 4.69) is 37.0 Å². The minimum Gasteiger partial charge on any atom is -0.422 e. The predicted octanol–water partition coefficient (Wildman–Crippen LogP) is 1.07. The topological polar surface area (TPSA) is 104 Å². The van der Waals surface area contributed by atoms with Crippen molar-refractivity contribution < 1.29 is 10.0 Å². The van der Waals surface area contributed by atoms with Gasteiger partial charge in [-0.05, 0) is 38.5 Å². The fourth-order valence-electron chi connectivity index (χ4n) is 2.61. The molecular formula is C17H15BBrN6O2+. The molecule has 27 heavy (non-hydrogen) atoms. The molecule has 0 atom stereocenters. The van der Waals surface area contributed by atoms with Crippen LogP contribution in [0.3, 0.4) is 0 Å². The van der Waals surface area contributed by atoms with Crippen molar-refractivity contribution in [3.63, 3.8) is 0 Å². The number of aryl methyl sites for hydroxylation is 2. The maximum Gasteiger partial charge on any atom is 0.507 e. The minimum atomic E-state index is -1.61. The third-order valence-electron chi connectivity index (χ3n) is 3.99. The number of hydrogen-bond donors (Lipinski definition) is 2. The molecule has 2 heterocycles. The summed E-state index contributed by atoms with van der Waals surface area (Å²) in [5.74, 6) is 0. The van der Waals surface area contributed by atoms with Crippen LogP contribution in [-0.2, 0) is 20.5 Å². The van der Waals surface area contributed by atoms with Gasteiger partial charge in [-0.25, -0.2) is 0 Å². The maximum atomic E-state index is 9.27. The van der Waals surface area contributed by atoms with Crippen molar-refractivity contribution in [3.05, 3.63) is 62.3 Å². The van der Waals surface area contributed by atoms with Crippen LogP contribution in [0.15, 0.2) is 34.8 Å². The molecule has 0 bridgehead atoms. The first-order valence-electron chi connectivity index (χ1n) is 7.96. The van der Waals surface area contributed by atoms with Crippen LogP contribution < -0.4 is 5.59 Å². The lowest BCUT2D eigenvalue weighted by atomic mass is 9.86. The monoisotopic (exact) mass is 425 g/mol. The summed E-state index contributed by atoms with van der Waals surface area (Å²) in [7, 11) is 1.80. The molecule has 0 fully saturated rings. The average Bonchev–Trinajstić information content (AvgIpc) is 3.18. The third kappa shape index (κ3) is 4.09. The first-order valence-corrected chi connectivity index (χ1v) is 8.75. The van der Waals surface area contributed by atoms with Gasteiger partial charge < -0.3 is 10.0 Å². The highest BCUT2D eigenvalue weighted by molar-refractivity contribution is 9.10. The van der Waals surface area contributed by atoms with Gasteiger partial charge in [-0.1, -0.05) is 12.1 Å². The van der Waals surface area contributed by atoms with E-state index in [9.17, 15) is 10.0 Å². The minimum absolute atomic E-state index is 0.255. The van der Waals surface area contributed by atoms with Crippen LogP contribution in [0.2, 0.25) is 0 Å². The first kappa shape index (κ1) is 18.9. The number of nitriles is 1. The number of nitrogens with zero attached hydrogens (tertiary/aromatic N) is 6. The van der Waals surface area contributed by atoms with Crippen LogP contribution in [-0.4, -0.2) is 36.7 Å². The van der Waals surface area contributed by atoms with E-state index in [0.29, 0.717) is 23.5 Å². The Kier molecular flexibility index (Phi) is 5.42. The van der Waals surface area contributed by atoms with Crippen LogP contribution >= 0.6 is 15.9 Å². The van der Waals surface area contributed by atoms with Crippen LogP contribution in [0.5, 0.6) is 0 Å². The van der Waals surface area contributed by atoms with Gasteiger partial charge in [0.2, 0.25) is 5.69 Å². The second-order valence-corrected chi connectivity index (χ2v) is 6.65. The molecule has 1 aromatic carbocycles. The van der Waals surface area contributed by atoms with Crippen molar-refractivity contribution in [1.82, 2.24) is 19.6 Å². The van der Waals surface area contributed by atoms with Crippen LogP contribution in [0.1, 0.15) is 22.6 Å². The summed E-state index contributed by atoms with van der Waals surface area (Å²) in [6.45, 7) is 0. The molecule has 0 unspecified atom stereocenters. The standard InChI is InChI=1S/C17H15BBrN6O2/c1-24-14(7-12(9-20)22-24)6-11-4-3-5-15(17(11)19)21-10-13-8-16(18(26)27)25(2)23-13/h3-5,7-8,26-27H,6H2,1-2H3/q+1. The number of rotatable bonds is 3. The Hall–Kier alpha value is -2.92. The van der Waals surface area contributed by atoms with Crippen molar-refractivity contribution in [2.45, 2.75) is 6.42 Å². The Balaban J connectivity index is 1.89. The Morgan fingerprint density at radius 3 is 2.56 bits per heavy atom. The molecule has 2 aromatic heterocycles.